The Morgan fingerprint density at radius 2 is 2.14 bits per heavy atom. The number of nitrogens with one attached hydrogen (secondary N) is 2. The van der Waals surface area contributed by atoms with Gasteiger partial charge < -0.3 is 10.7 Å². The highest BCUT2D eigenvalue weighted by Gasteiger charge is 2.20. The topological polar surface area (TPSA) is 123 Å². The fraction of sp³-hybridized carbons (Fsp3) is 0.0769. The highest BCUT2D eigenvalue weighted by molar-refractivity contribution is 5.99. The van der Waals surface area contributed by atoms with Crippen LogP contribution in [0.2, 0.25) is 0 Å². The van der Waals surface area contributed by atoms with Crippen molar-refractivity contribution >= 4 is 17.3 Å². The first-order valence-electron chi connectivity index (χ1n) is 6.05. The zero-order chi connectivity index (χ0) is 15.2. The average Bonchev–Trinajstić information content (AvgIpc) is 2.52. The van der Waals surface area contributed by atoms with E-state index in [-0.39, 0.29) is 17.8 Å². The summed E-state index contributed by atoms with van der Waals surface area (Å²) in [5.74, 6) is 4.68. The summed E-state index contributed by atoms with van der Waals surface area (Å²) < 4.78 is 0. The number of nitrogen functional groups attached to an aromatic ring is 1. The minimum atomic E-state index is -0.615. The van der Waals surface area contributed by atoms with Crippen molar-refractivity contribution in [3.63, 3.8) is 0 Å². The Bertz CT molecular complexity index is 660. The lowest BCUT2D eigenvalue weighted by Crippen LogP contribution is -2.24. The minimum absolute atomic E-state index is 0.0635. The summed E-state index contributed by atoms with van der Waals surface area (Å²) in [6.45, 7) is 0.178. The van der Waals surface area contributed by atoms with E-state index in [9.17, 15) is 14.9 Å². The third kappa shape index (κ3) is 3.51. The molecule has 21 heavy (non-hydrogen) atoms. The minimum Gasteiger partial charge on any atom is -0.346 e. The second-order valence-electron chi connectivity index (χ2n) is 4.14. The van der Waals surface area contributed by atoms with Crippen molar-refractivity contribution in [2.45, 2.75) is 6.54 Å². The summed E-state index contributed by atoms with van der Waals surface area (Å²) in [5.41, 5.74) is 3.06. The first-order chi connectivity index (χ1) is 10.1. The average molecular weight is 287 g/mol. The van der Waals surface area contributed by atoms with Crippen molar-refractivity contribution < 1.29 is 9.72 Å². The van der Waals surface area contributed by atoms with Crippen LogP contribution in [0.4, 0.5) is 11.4 Å². The van der Waals surface area contributed by atoms with E-state index in [0.29, 0.717) is 11.4 Å². The highest BCUT2D eigenvalue weighted by Crippen LogP contribution is 2.22. The SMILES string of the molecule is NNc1ccc([N+](=O)[O-])c(C(=O)NCc2ccccn2)c1. The molecule has 108 valence electrons. The molecule has 0 aliphatic heterocycles. The molecule has 1 aromatic carbocycles. The molecule has 1 aromatic heterocycles. The number of nitro benzene ring substituents is 1. The van der Waals surface area contributed by atoms with Crippen LogP contribution in [-0.2, 0) is 6.54 Å². The fourth-order valence-electron chi connectivity index (χ4n) is 1.74. The van der Waals surface area contributed by atoms with Gasteiger partial charge in [0, 0.05) is 18.0 Å². The number of rotatable bonds is 5. The molecule has 0 bridgehead atoms. The summed E-state index contributed by atoms with van der Waals surface area (Å²) in [4.78, 5) is 26.5. The molecule has 0 radical (unpaired) electrons. The van der Waals surface area contributed by atoms with Crippen LogP contribution in [0.25, 0.3) is 0 Å². The number of nitro groups is 1. The Hall–Kier alpha value is -3.00. The van der Waals surface area contributed by atoms with Crippen LogP contribution in [0.1, 0.15) is 16.1 Å². The third-order valence-corrected chi connectivity index (χ3v) is 2.76. The molecule has 4 N–H and O–H groups in total. The summed E-state index contributed by atoms with van der Waals surface area (Å²) in [7, 11) is 0. The first kappa shape index (κ1) is 14.4. The number of pyridine rings is 1. The van der Waals surface area contributed by atoms with E-state index in [1.54, 1.807) is 24.4 Å². The fourth-order valence-corrected chi connectivity index (χ4v) is 1.74. The van der Waals surface area contributed by atoms with Gasteiger partial charge in [-0.1, -0.05) is 6.07 Å². The molecule has 0 saturated heterocycles. The van der Waals surface area contributed by atoms with Gasteiger partial charge in [-0.2, -0.15) is 0 Å². The van der Waals surface area contributed by atoms with E-state index >= 15 is 0 Å². The van der Waals surface area contributed by atoms with E-state index in [1.807, 2.05) is 0 Å². The van der Waals surface area contributed by atoms with Gasteiger partial charge in [-0.25, -0.2) is 0 Å². The largest absolute Gasteiger partial charge is 0.346 e. The number of anilines is 1. The standard InChI is InChI=1S/C13H13N5O3/c14-17-9-4-5-12(18(20)21)11(7-9)13(19)16-8-10-3-1-2-6-15-10/h1-7,17H,8,14H2,(H,16,19). The third-order valence-electron chi connectivity index (χ3n) is 2.76. The lowest BCUT2D eigenvalue weighted by Gasteiger charge is -2.07. The van der Waals surface area contributed by atoms with Crippen molar-refractivity contribution in [2.75, 3.05) is 5.43 Å². The van der Waals surface area contributed by atoms with Crippen LogP contribution in [0, 0.1) is 10.1 Å². The van der Waals surface area contributed by atoms with Crippen molar-refractivity contribution in [2.24, 2.45) is 5.84 Å². The Balaban J connectivity index is 2.19. The smallest absolute Gasteiger partial charge is 0.282 e. The number of carbonyl (C=O) groups is 1. The van der Waals surface area contributed by atoms with E-state index in [4.69, 9.17) is 5.84 Å². The predicted molar refractivity (Wildman–Crippen MR) is 76.3 cm³/mol. The predicted octanol–water partition coefficient (Wildman–Crippen LogP) is 1.21. The molecule has 0 saturated carbocycles. The molecule has 0 aliphatic rings. The van der Waals surface area contributed by atoms with Crippen molar-refractivity contribution in [1.82, 2.24) is 10.3 Å². The number of hydrazine groups is 1. The van der Waals surface area contributed by atoms with Crippen LogP contribution >= 0.6 is 0 Å². The Labute approximate surface area is 120 Å². The van der Waals surface area contributed by atoms with Crippen molar-refractivity contribution in [1.29, 1.82) is 0 Å². The van der Waals surface area contributed by atoms with Crippen LogP contribution in [-0.4, -0.2) is 15.8 Å². The number of hydrogen-bond donors (Lipinski definition) is 3. The number of amides is 1. The van der Waals surface area contributed by atoms with Gasteiger partial charge in [0.05, 0.1) is 17.2 Å². The van der Waals surface area contributed by atoms with Gasteiger partial charge in [-0.3, -0.25) is 25.7 Å². The van der Waals surface area contributed by atoms with E-state index in [0.717, 1.165) is 0 Å². The number of hydrogen-bond acceptors (Lipinski definition) is 6. The second-order valence-corrected chi connectivity index (χ2v) is 4.14. The van der Waals surface area contributed by atoms with E-state index in [1.165, 1.54) is 18.2 Å². The summed E-state index contributed by atoms with van der Waals surface area (Å²) in [6.07, 6.45) is 1.60. The zero-order valence-electron chi connectivity index (χ0n) is 10.9. The van der Waals surface area contributed by atoms with Gasteiger partial charge in [0.15, 0.2) is 0 Å². The number of nitrogens with zero attached hydrogens (tertiary/aromatic N) is 2. The molecule has 2 rings (SSSR count). The Morgan fingerprint density at radius 3 is 2.76 bits per heavy atom. The van der Waals surface area contributed by atoms with Gasteiger partial charge in [0.2, 0.25) is 0 Å². The maximum absolute atomic E-state index is 12.1. The summed E-state index contributed by atoms with van der Waals surface area (Å²) in [6, 6.07) is 9.26. The van der Waals surface area contributed by atoms with Crippen LogP contribution in [0.15, 0.2) is 42.6 Å². The molecule has 1 amide bonds. The van der Waals surface area contributed by atoms with Crippen LogP contribution in [0.3, 0.4) is 0 Å². The van der Waals surface area contributed by atoms with E-state index < -0.39 is 10.8 Å². The van der Waals surface area contributed by atoms with Gasteiger partial charge >= 0.3 is 0 Å². The molecule has 0 fully saturated rings. The molecule has 8 heteroatoms. The van der Waals surface area contributed by atoms with Gasteiger partial charge in [0.25, 0.3) is 11.6 Å². The van der Waals surface area contributed by atoms with Crippen molar-refractivity contribution in [3.05, 3.63) is 64.0 Å². The zero-order valence-corrected chi connectivity index (χ0v) is 10.9. The molecule has 1 heterocycles. The number of benzene rings is 1. The van der Waals surface area contributed by atoms with E-state index in [2.05, 4.69) is 15.7 Å². The first-order valence-corrected chi connectivity index (χ1v) is 6.05. The molecular formula is C13H13N5O3. The quantitative estimate of drug-likeness (QED) is 0.431. The normalized spacial score (nSPS) is 9.95. The molecule has 0 atom stereocenters. The highest BCUT2D eigenvalue weighted by atomic mass is 16.6. The molecule has 2 aromatic rings. The lowest BCUT2D eigenvalue weighted by atomic mass is 10.1. The molecule has 0 unspecified atom stereocenters. The van der Waals surface area contributed by atoms with Crippen LogP contribution in [0.5, 0.6) is 0 Å². The maximum Gasteiger partial charge on any atom is 0.282 e. The summed E-state index contributed by atoms with van der Waals surface area (Å²) in [5, 5.41) is 13.5. The second kappa shape index (κ2) is 6.44. The molecular weight excluding hydrogens is 274 g/mol. The lowest BCUT2D eigenvalue weighted by molar-refractivity contribution is -0.385. The Kier molecular flexibility index (Phi) is 4.42. The van der Waals surface area contributed by atoms with Crippen molar-refractivity contribution in [3.8, 4) is 0 Å². The number of nitrogens with two attached hydrogens (primary N) is 1. The molecule has 0 spiro atoms. The molecule has 8 nitrogen and oxygen atoms in total. The number of aromatic nitrogens is 1. The van der Waals surface area contributed by atoms with Gasteiger partial charge in [-0.15, -0.1) is 0 Å². The maximum atomic E-state index is 12.1. The number of carbonyl (C=O) groups excluding carboxylic acids is 1. The summed E-state index contributed by atoms with van der Waals surface area (Å²) >= 11 is 0. The van der Waals surface area contributed by atoms with Crippen LogP contribution < -0.4 is 16.6 Å². The van der Waals surface area contributed by atoms with Gasteiger partial charge in [-0.05, 0) is 24.3 Å². The Morgan fingerprint density at radius 1 is 1.33 bits per heavy atom. The monoisotopic (exact) mass is 287 g/mol. The molecule has 0 aliphatic carbocycles. The van der Waals surface area contributed by atoms with Gasteiger partial charge in [0.1, 0.15) is 5.56 Å².